The van der Waals surface area contributed by atoms with Crippen LogP contribution in [0.3, 0.4) is 0 Å². The maximum absolute atomic E-state index is 11.7. The first kappa shape index (κ1) is 15.4. The molecular formula is C17H18N4OS2. The van der Waals surface area contributed by atoms with Crippen LogP contribution in [0.25, 0.3) is 20.7 Å². The summed E-state index contributed by atoms with van der Waals surface area (Å²) in [4.78, 5) is 21.1. The second kappa shape index (κ2) is 6.07. The number of piperidine rings is 1. The van der Waals surface area contributed by atoms with Crippen LogP contribution in [0, 0.1) is 0 Å². The summed E-state index contributed by atoms with van der Waals surface area (Å²) in [7, 11) is 0. The number of aromatic nitrogens is 1. The van der Waals surface area contributed by atoms with Crippen LogP contribution in [0.5, 0.6) is 0 Å². The molecule has 1 saturated heterocycles. The molecule has 24 heavy (non-hydrogen) atoms. The average Bonchev–Trinajstić information content (AvgIpc) is 3.23. The van der Waals surface area contributed by atoms with Crippen LogP contribution < -0.4 is 16.4 Å². The first-order chi connectivity index (χ1) is 11.6. The standard InChI is InChI=1S/C17H18N4OS2/c18-14-13-10(11-5-4-8-23-11)9-12(21-6-2-1-3-7-21)20-17(13)24-15(14)16(19)22/h4-5,8-9H,1-3,6-7,18H2,(H2,19,22). The van der Waals surface area contributed by atoms with E-state index in [0.717, 1.165) is 39.6 Å². The van der Waals surface area contributed by atoms with Gasteiger partial charge in [0.25, 0.3) is 5.91 Å². The van der Waals surface area contributed by atoms with Gasteiger partial charge in [0.05, 0.1) is 5.69 Å². The molecule has 5 nitrogen and oxygen atoms in total. The molecule has 3 aromatic rings. The molecule has 4 rings (SSSR count). The van der Waals surface area contributed by atoms with Gasteiger partial charge in [0.15, 0.2) is 0 Å². The molecule has 0 unspecified atom stereocenters. The first-order valence-corrected chi connectivity index (χ1v) is 9.66. The fourth-order valence-corrected chi connectivity index (χ4v) is 4.92. The maximum Gasteiger partial charge on any atom is 0.260 e. The van der Waals surface area contributed by atoms with Crippen LogP contribution >= 0.6 is 22.7 Å². The van der Waals surface area contributed by atoms with Gasteiger partial charge in [0.1, 0.15) is 15.5 Å². The summed E-state index contributed by atoms with van der Waals surface area (Å²) in [6.45, 7) is 2.04. The Morgan fingerprint density at radius 2 is 2.04 bits per heavy atom. The zero-order valence-corrected chi connectivity index (χ0v) is 14.8. The van der Waals surface area contributed by atoms with Gasteiger partial charge >= 0.3 is 0 Å². The van der Waals surface area contributed by atoms with Gasteiger partial charge in [0.2, 0.25) is 0 Å². The van der Waals surface area contributed by atoms with E-state index in [4.69, 9.17) is 16.5 Å². The molecular weight excluding hydrogens is 340 g/mol. The number of anilines is 2. The zero-order valence-electron chi connectivity index (χ0n) is 13.1. The van der Waals surface area contributed by atoms with Crippen molar-refractivity contribution in [1.82, 2.24) is 4.98 Å². The molecule has 4 N–H and O–H groups in total. The minimum Gasteiger partial charge on any atom is -0.397 e. The lowest BCUT2D eigenvalue weighted by molar-refractivity contribution is 0.100. The summed E-state index contributed by atoms with van der Waals surface area (Å²) in [5, 5.41) is 2.89. The Morgan fingerprint density at radius 3 is 2.71 bits per heavy atom. The maximum atomic E-state index is 11.7. The predicted octanol–water partition coefficient (Wildman–Crippen LogP) is 3.70. The summed E-state index contributed by atoms with van der Waals surface area (Å²) >= 11 is 2.95. The number of hydrogen-bond acceptors (Lipinski definition) is 6. The molecule has 124 valence electrons. The molecule has 0 atom stereocenters. The van der Waals surface area contributed by atoms with E-state index >= 15 is 0 Å². The number of rotatable bonds is 3. The van der Waals surface area contributed by atoms with Crippen molar-refractivity contribution in [2.75, 3.05) is 23.7 Å². The van der Waals surface area contributed by atoms with E-state index in [0.29, 0.717) is 10.6 Å². The van der Waals surface area contributed by atoms with Gasteiger partial charge in [-0.25, -0.2) is 4.98 Å². The number of hydrogen-bond donors (Lipinski definition) is 2. The molecule has 3 aromatic heterocycles. The third-order valence-corrected chi connectivity index (χ3v) is 6.39. The van der Waals surface area contributed by atoms with Gasteiger partial charge in [-0.1, -0.05) is 6.07 Å². The molecule has 7 heteroatoms. The highest BCUT2D eigenvalue weighted by Crippen LogP contribution is 2.42. The van der Waals surface area contributed by atoms with Crippen molar-refractivity contribution in [1.29, 1.82) is 0 Å². The van der Waals surface area contributed by atoms with Gasteiger partial charge in [-0.3, -0.25) is 4.79 Å². The lowest BCUT2D eigenvalue weighted by Crippen LogP contribution is -2.30. The molecule has 1 fully saturated rings. The van der Waals surface area contributed by atoms with E-state index in [1.807, 2.05) is 11.4 Å². The van der Waals surface area contributed by atoms with Gasteiger partial charge in [0, 0.05) is 28.9 Å². The number of fused-ring (bicyclic) bond motifs is 1. The molecule has 0 radical (unpaired) electrons. The fourth-order valence-electron chi connectivity index (χ4n) is 3.20. The minimum absolute atomic E-state index is 0.395. The van der Waals surface area contributed by atoms with E-state index in [1.165, 1.54) is 30.6 Å². The van der Waals surface area contributed by atoms with Gasteiger partial charge in [-0.15, -0.1) is 22.7 Å². The molecule has 4 heterocycles. The van der Waals surface area contributed by atoms with Crippen molar-refractivity contribution in [3.63, 3.8) is 0 Å². The number of nitrogens with zero attached hydrogens (tertiary/aromatic N) is 2. The summed E-state index contributed by atoms with van der Waals surface area (Å²) in [6.07, 6.45) is 3.65. The monoisotopic (exact) mass is 358 g/mol. The highest BCUT2D eigenvalue weighted by molar-refractivity contribution is 7.21. The van der Waals surface area contributed by atoms with Crippen LogP contribution in [0.1, 0.15) is 28.9 Å². The third kappa shape index (κ3) is 2.53. The highest BCUT2D eigenvalue weighted by Gasteiger charge is 2.22. The number of nitrogen functional groups attached to an aromatic ring is 1. The number of nitrogens with two attached hydrogens (primary N) is 2. The van der Waals surface area contributed by atoms with Gasteiger partial charge in [-0.2, -0.15) is 0 Å². The summed E-state index contributed by atoms with van der Waals surface area (Å²) in [5.41, 5.74) is 13.2. The smallest absolute Gasteiger partial charge is 0.260 e. The zero-order chi connectivity index (χ0) is 16.7. The second-order valence-corrected chi connectivity index (χ2v) is 7.89. The van der Waals surface area contributed by atoms with Crippen molar-refractivity contribution < 1.29 is 4.79 Å². The number of thiophene rings is 2. The molecule has 0 aliphatic carbocycles. The Morgan fingerprint density at radius 1 is 1.25 bits per heavy atom. The van der Waals surface area contributed by atoms with Crippen molar-refractivity contribution in [2.24, 2.45) is 5.73 Å². The molecule has 0 spiro atoms. The van der Waals surface area contributed by atoms with Crippen molar-refractivity contribution in [3.05, 3.63) is 28.5 Å². The summed E-state index contributed by atoms with van der Waals surface area (Å²) in [5.74, 6) is 0.468. The molecule has 0 bridgehead atoms. The number of amides is 1. The summed E-state index contributed by atoms with van der Waals surface area (Å²) < 4.78 is 0. The normalized spacial score (nSPS) is 15.1. The lowest BCUT2D eigenvalue weighted by Gasteiger charge is -2.28. The van der Waals surface area contributed by atoms with Crippen LogP contribution in [0.2, 0.25) is 0 Å². The van der Waals surface area contributed by atoms with Crippen molar-refractivity contribution in [3.8, 4) is 10.4 Å². The Kier molecular flexibility index (Phi) is 3.90. The topological polar surface area (TPSA) is 85.2 Å². The summed E-state index contributed by atoms with van der Waals surface area (Å²) in [6, 6.07) is 6.19. The Labute approximate surface area is 147 Å². The third-order valence-electron chi connectivity index (χ3n) is 4.38. The largest absolute Gasteiger partial charge is 0.397 e. The van der Waals surface area contributed by atoms with Gasteiger partial charge < -0.3 is 16.4 Å². The van der Waals surface area contributed by atoms with E-state index in [2.05, 4.69) is 17.0 Å². The molecule has 0 saturated carbocycles. The van der Waals surface area contributed by atoms with Crippen molar-refractivity contribution >= 4 is 50.3 Å². The van der Waals surface area contributed by atoms with Crippen LogP contribution in [-0.2, 0) is 0 Å². The van der Waals surface area contributed by atoms with Crippen molar-refractivity contribution in [2.45, 2.75) is 19.3 Å². The van der Waals surface area contributed by atoms with E-state index in [1.54, 1.807) is 11.3 Å². The fraction of sp³-hybridized carbons (Fsp3) is 0.294. The molecule has 0 aromatic carbocycles. The lowest BCUT2D eigenvalue weighted by atomic mass is 10.1. The minimum atomic E-state index is -0.493. The van der Waals surface area contributed by atoms with Crippen LogP contribution in [0.15, 0.2) is 23.6 Å². The highest BCUT2D eigenvalue weighted by atomic mass is 32.1. The molecule has 1 aliphatic heterocycles. The number of pyridine rings is 1. The molecule has 1 aliphatic rings. The Bertz CT molecular complexity index is 895. The van der Waals surface area contributed by atoms with Gasteiger partial charge in [-0.05, 0) is 36.8 Å². The van der Waals surface area contributed by atoms with Crippen LogP contribution in [0.4, 0.5) is 11.5 Å². The number of primary amides is 1. The van der Waals surface area contributed by atoms with E-state index < -0.39 is 5.91 Å². The first-order valence-electron chi connectivity index (χ1n) is 7.97. The SMILES string of the molecule is NC(=O)c1sc2nc(N3CCCCC3)cc(-c3cccs3)c2c1N. The van der Waals surface area contributed by atoms with E-state index in [-0.39, 0.29) is 0 Å². The number of carbonyl (C=O) groups is 1. The predicted molar refractivity (Wildman–Crippen MR) is 102 cm³/mol. The van der Waals surface area contributed by atoms with E-state index in [9.17, 15) is 4.79 Å². The Hall–Kier alpha value is -2.12. The number of carbonyl (C=O) groups excluding carboxylic acids is 1. The molecule has 1 amide bonds. The van der Waals surface area contributed by atoms with Crippen LogP contribution in [-0.4, -0.2) is 24.0 Å². The Balaban J connectivity index is 1.95. The average molecular weight is 358 g/mol. The quantitative estimate of drug-likeness (QED) is 0.747. The second-order valence-electron chi connectivity index (χ2n) is 5.94.